The highest BCUT2D eigenvalue weighted by molar-refractivity contribution is 4.96. The standard InChI is InChI=1S/C16H32N2/c1-4-15(14(2)3)18-12-8-11-17-16(13-18)9-6-5-7-10-16/h14-15,17H,4-13H2,1-3H3. The fraction of sp³-hybridized carbons (Fsp3) is 1.00. The van der Waals surface area contributed by atoms with Gasteiger partial charge in [-0.05, 0) is 44.7 Å². The van der Waals surface area contributed by atoms with Crippen molar-refractivity contribution in [1.29, 1.82) is 0 Å². The monoisotopic (exact) mass is 252 g/mol. The van der Waals surface area contributed by atoms with E-state index in [9.17, 15) is 0 Å². The topological polar surface area (TPSA) is 15.3 Å². The number of nitrogens with zero attached hydrogens (tertiary/aromatic N) is 1. The summed E-state index contributed by atoms with van der Waals surface area (Å²) >= 11 is 0. The van der Waals surface area contributed by atoms with Crippen LogP contribution in [0.1, 0.15) is 65.7 Å². The Morgan fingerprint density at radius 3 is 2.44 bits per heavy atom. The molecule has 0 amide bonds. The molecule has 0 bridgehead atoms. The smallest absolute Gasteiger partial charge is 0.0308 e. The van der Waals surface area contributed by atoms with Gasteiger partial charge in [-0.3, -0.25) is 4.90 Å². The second-order valence-corrected chi connectivity index (χ2v) is 6.81. The fourth-order valence-electron chi connectivity index (χ4n) is 4.16. The summed E-state index contributed by atoms with van der Waals surface area (Å²) in [5.74, 6) is 0.786. The summed E-state index contributed by atoms with van der Waals surface area (Å²) in [6, 6.07) is 0.781. The van der Waals surface area contributed by atoms with Crippen LogP contribution in [0.25, 0.3) is 0 Å². The van der Waals surface area contributed by atoms with Crippen LogP contribution in [0.3, 0.4) is 0 Å². The van der Waals surface area contributed by atoms with Gasteiger partial charge in [0.05, 0.1) is 0 Å². The summed E-state index contributed by atoms with van der Waals surface area (Å²) < 4.78 is 0. The molecule has 0 aromatic carbocycles. The van der Waals surface area contributed by atoms with Crippen LogP contribution in [0.15, 0.2) is 0 Å². The van der Waals surface area contributed by atoms with E-state index in [1.54, 1.807) is 0 Å². The third-order valence-electron chi connectivity index (χ3n) is 5.10. The Balaban J connectivity index is 2.06. The SMILES string of the molecule is CCC(C(C)C)N1CCCNC2(CCCCC2)C1. The minimum Gasteiger partial charge on any atom is -0.310 e. The first-order valence-electron chi connectivity index (χ1n) is 8.16. The van der Waals surface area contributed by atoms with Crippen molar-refractivity contribution in [1.82, 2.24) is 10.2 Å². The van der Waals surface area contributed by atoms with E-state index in [1.165, 1.54) is 64.6 Å². The van der Waals surface area contributed by atoms with Gasteiger partial charge in [-0.25, -0.2) is 0 Å². The molecule has 1 atom stereocenters. The quantitative estimate of drug-likeness (QED) is 0.828. The summed E-state index contributed by atoms with van der Waals surface area (Å²) in [6.07, 6.45) is 9.73. The fourth-order valence-corrected chi connectivity index (χ4v) is 4.16. The van der Waals surface area contributed by atoms with Crippen LogP contribution in [-0.4, -0.2) is 36.1 Å². The maximum absolute atomic E-state index is 3.90. The van der Waals surface area contributed by atoms with E-state index >= 15 is 0 Å². The zero-order chi connectivity index (χ0) is 13.0. The van der Waals surface area contributed by atoms with Crippen LogP contribution in [0.2, 0.25) is 0 Å². The van der Waals surface area contributed by atoms with Crippen LogP contribution in [0, 0.1) is 5.92 Å². The van der Waals surface area contributed by atoms with Gasteiger partial charge in [0.2, 0.25) is 0 Å². The molecule has 0 aromatic rings. The molecule has 2 aliphatic rings. The van der Waals surface area contributed by atoms with Gasteiger partial charge in [0.25, 0.3) is 0 Å². The number of nitrogens with one attached hydrogen (secondary N) is 1. The summed E-state index contributed by atoms with van der Waals surface area (Å²) in [7, 11) is 0. The molecule has 1 spiro atoms. The number of hydrogen-bond donors (Lipinski definition) is 1. The van der Waals surface area contributed by atoms with Gasteiger partial charge in [-0.15, -0.1) is 0 Å². The highest BCUT2D eigenvalue weighted by Gasteiger charge is 2.36. The van der Waals surface area contributed by atoms with Crippen molar-refractivity contribution < 1.29 is 0 Å². The van der Waals surface area contributed by atoms with Crippen LogP contribution in [0.4, 0.5) is 0 Å². The van der Waals surface area contributed by atoms with Crippen molar-refractivity contribution in [2.45, 2.75) is 77.3 Å². The van der Waals surface area contributed by atoms with Crippen molar-refractivity contribution in [3.05, 3.63) is 0 Å². The number of hydrogen-bond acceptors (Lipinski definition) is 2. The maximum Gasteiger partial charge on any atom is 0.0308 e. The van der Waals surface area contributed by atoms with Crippen LogP contribution in [-0.2, 0) is 0 Å². The first kappa shape index (κ1) is 14.3. The molecule has 2 fully saturated rings. The Morgan fingerprint density at radius 1 is 1.11 bits per heavy atom. The molecule has 1 heterocycles. The first-order chi connectivity index (χ1) is 8.67. The second kappa shape index (κ2) is 6.38. The van der Waals surface area contributed by atoms with Crippen molar-refractivity contribution in [3.8, 4) is 0 Å². The van der Waals surface area contributed by atoms with E-state index in [-0.39, 0.29) is 0 Å². The van der Waals surface area contributed by atoms with E-state index in [2.05, 4.69) is 31.0 Å². The maximum atomic E-state index is 3.90. The third kappa shape index (κ3) is 3.27. The van der Waals surface area contributed by atoms with Crippen LogP contribution in [0.5, 0.6) is 0 Å². The lowest BCUT2D eigenvalue weighted by Crippen LogP contribution is -2.54. The largest absolute Gasteiger partial charge is 0.310 e. The molecule has 0 aromatic heterocycles. The minimum absolute atomic E-state index is 0.455. The van der Waals surface area contributed by atoms with Crippen molar-refractivity contribution in [2.24, 2.45) is 5.92 Å². The molecule has 106 valence electrons. The lowest BCUT2D eigenvalue weighted by atomic mass is 9.81. The van der Waals surface area contributed by atoms with Gasteiger partial charge in [0, 0.05) is 18.1 Å². The summed E-state index contributed by atoms with van der Waals surface area (Å²) in [5, 5.41) is 3.90. The van der Waals surface area contributed by atoms with E-state index in [0.29, 0.717) is 5.54 Å². The average molecular weight is 252 g/mol. The Bertz CT molecular complexity index is 243. The lowest BCUT2D eigenvalue weighted by Gasteiger charge is -2.43. The Hall–Kier alpha value is -0.0800. The molecule has 0 radical (unpaired) electrons. The molecule has 2 nitrogen and oxygen atoms in total. The van der Waals surface area contributed by atoms with Gasteiger partial charge in [0.1, 0.15) is 0 Å². The van der Waals surface area contributed by atoms with E-state index in [0.717, 1.165) is 12.0 Å². The molecule has 1 aliphatic carbocycles. The van der Waals surface area contributed by atoms with Crippen LogP contribution >= 0.6 is 0 Å². The molecule has 1 unspecified atom stereocenters. The van der Waals surface area contributed by atoms with Crippen LogP contribution < -0.4 is 5.32 Å². The summed E-state index contributed by atoms with van der Waals surface area (Å²) in [4.78, 5) is 2.80. The lowest BCUT2D eigenvalue weighted by molar-refractivity contribution is 0.102. The minimum atomic E-state index is 0.455. The normalized spacial score (nSPS) is 27.3. The molecular weight excluding hydrogens is 220 g/mol. The predicted molar refractivity (Wildman–Crippen MR) is 78.9 cm³/mol. The van der Waals surface area contributed by atoms with E-state index in [4.69, 9.17) is 0 Å². The second-order valence-electron chi connectivity index (χ2n) is 6.81. The Labute approximate surface area is 114 Å². The molecule has 2 rings (SSSR count). The highest BCUT2D eigenvalue weighted by atomic mass is 15.2. The molecule has 1 N–H and O–H groups in total. The number of rotatable bonds is 3. The van der Waals surface area contributed by atoms with E-state index < -0.39 is 0 Å². The van der Waals surface area contributed by atoms with Gasteiger partial charge in [0.15, 0.2) is 0 Å². The van der Waals surface area contributed by atoms with Gasteiger partial charge >= 0.3 is 0 Å². The van der Waals surface area contributed by atoms with Crippen molar-refractivity contribution in [2.75, 3.05) is 19.6 Å². The predicted octanol–water partition coefficient (Wildman–Crippen LogP) is 3.42. The van der Waals surface area contributed by atoms with Gasteiger partial charge in [-0.2, -0.15) is 0 Å². The van der Waals surface area contributed by atoms with Gasteiger partial charge < -0.3 is 5.32 Å². The average Bonchev–Trinajstić information content (AvgIpc) is 2.54. The first-order valence-corrected chi connectivity index (χ1v) is 8.16. The highest BCUT2D eigenvalue weighted by Crippen LogP contribution is 2.32. The molecule has 1 saturated carbocycles. The summed E-state index contributed by atoms with van der Waals surface area (Å²) in [6.45, 7) is 11.0. The molecular formula is C16H32N2. The zero-order valence-electron chi connectivity index (χ0n) is 12.7. The van der Waals surface area contributed by atoms with Crippen molar-refractivity contribution >= 4 is 0 Å². The molecule has 18 heavy (non-hydrogen) atoms. The van der Waals surface area contributed by atoms with Crippen molar-refractivity contribution in [3.63, 3.8) is 0 Å². The van der Waals surface area contributed by atoms with E-state index in [1.807, 2.05) is 0 Å². The molecule has 2 heteroatoms. The Kier molecular flexibility index (Phi) is 5.08. The zero-order valence-corrected chi connectivity index (χ0v) is 12.7. The third-order valence-corrected chi connectivity index (χ3v) is 5.10. The van der Waals surface area contributed by atoms with Gasteiger partial charge in [-0.1, -0.05) is 40.0 Å². The summed E-state index contributed by atoms with van der Waals surface area (Å²) in [5.41, 5.74) is 0.455. The Morgan fingerprint density at radius 2 is 1.83 bits per heavy atom. The molecule has 1 aliphatic heterocycles. The molecule has 1 saturated heterocycles.